The summed E-state index contributed by atoms with van der Waals surface area (Å²) in [7, 11) is 0. The third-order valence-electron chi connectivity index (χ3n) is 5.26. The van der Waals surface area contributed by atoms with Gasteiger partial charge in [-0.3, -0.25) is 14.4 Å². The Balaban J connectivity index is 1.86. The number of fused-ring (bicyclic) bond motifs is 1. The number of carbonyl (C=O) groups excluding carboxylic acids is 2. The molecular formula is C19H26N2O4. The molecule has 1 heterocycles. The smallest absolute Gasteiger partial charge is 0.311 e. The topological polar surface area (TPSA) is 95.5 Å². The van der Waals surface area contributed by atoms with Crippen molar-refractivity contribution in [3.8, 4) is 0 Å². The summed E-state index contributed by atoms with van der Waals surface area (Å²) < 4.78 is 0. The van der Waals surface area contributed by atoms with Gasteiger partial charge in [0, 0.05) is 24.6 Å². The van der Waals surface area contributed by atoms with E-state index < -0.39 is 11.4 Å². The van der Waals surface area contributed by atoms with E-state index in [1.807, 2.05) is 38.1 Å². The Morgan fingerprint density at radius 1 is 1.28 bits per heavy atom. The normalized spacial score (nSPS) is 16.7. The number of carbonyl (C=O) groups is 3. The first-order valence-corrected chi connectivity index (χ1v) is 8.80. The maximum Gasteiger partial charge on any atom is 0.311 e. The van der Waals surface area contributed by atoms with Crippen LogP contribution in [0.1, 0.15) is 45.1 Å². The number of rotatable bonds is 8. The van der Waals surface area contributed by atoms with Crippen LogP contribution >= 0.6 is 0 Å². The van der Waals surface area contributed by atoms with Crippen LogP contribution in [-0.2, 0) is 20.8 Å². The van der Waals surface area contributed by atoms with Gasteiger partial charge in [-0.15, -0.1) is 0 Å². The highest BCUT2D eigenvalue weighted by Crippen LogP contribution is 2.28. The second-order valence-electron chi connectivity index (χ2n) is 6.66. The van der Waals surface area contributed by atoms with Gasteiger partial charge in [0.15, 0.2) is 0 Å². The fourth-order valence-electron chi connectivity index (χ4n) is 3.19. The monoisotopic (exact) mass is 346 g/mol. The molecule has 0 fully saturated rings. The lowest BCUT2D eigenvalue weighted by Gasteiger charge is -2.27. The zero-order valence-electron chi connectivity index (χ0n) is 14.8. The zero-order chi connectivity index (χ0) is 18.4. The Labute approximate surface area is 148 Å². The van der Waals surface area contributed by atoms with Crippen molar-refractivity contribution in [2.45, 2.75) is 46.0 Å². The van der Waals surface area contributed by atoms with Crippen molar-refractivity contribution in [3.05, 3.63) is 29.8 Å². The summed E-state index contributed by atoms with van der Waals surface area (Å²) in [5.74, 6) is -1.39. The van der Waals surface area contributed by atoms with Crippen LogP contribution in [0.4, 0.5) is 5.69 Å². The molecule has 25 heavy (non-hydrogen) atoms. The van der Waals surface area contributed by atoms with Crippen LogP contribution in [-0.4, -0.2) is 29.4 Å². The molecule has 0 spiro atoms. The van der Waals surface area contributed by atoms with Gasteiger partial charge in [0.05, 0.1) is 5.41 Å². The van der Waals surface area contributed by atoms with Gasteiger partial charge in [0.25, 0.3) is 0 Å². The molecule has 3 N–H and O–H groups in total. The fourth-order valence-corrected chi connectivity index (χ4v) is 3.19. The summed E-state index contributed by atoms with van der Waals surface area (Å²) in [5.41, 5.74) is 0.997. The number of benzene rings is 1. The Bertz CT molecular complexity index is 653. The largest absolute Gasteiger partial charge is 0.481 e. The number of para-hydroxylation sites is 1. The van der Waals surface area contributed by atoms with Crippen LogP contribution in [0.5, 0.6) is 0 Å². The third-order valence-corrected chi connectivity index (χ3v) is 5.26. The summed E-state index contributed by atoms with van der Waals surface area (Å²) >= 11 is 0. The van der Waals surface area contributed by atoms with Gasteiger partial charge >= 0.3 is 5.97 Å². The molecule has 6 heteroatoms. The molecule has 0 radical (unpaired) electrons. The van der Waals surface area contributed by atoms with E-state index in [-0.39, 0.29) is 30.7 Å². The highest BCUT2D eigenvalue weighted by molar-refractivity contribution is 5.96. The van der Waals surface area contributed by atoms with Crippen molar-refractivity contribution in [2.75, 3.05) is 11.9 Å². The lowest BCUT2D eigenvalue weighted by atomic mass is 9.82. The van der Waals surface area contributed by atoms with Crippen molar-refractivity contribution >= 4 is 23.5 Å². The van der Waals surface area contributed by atoms with Crippen molar-refractivity contribution in [2.24, 2.45) is 11.3 Å². The van der Waals surface area contributed by atoms with Gasteiger partial charge in [0.2, 0.25) is 11.8 Å². The molecule has 1 aliphatic rings. The number of hydrogen-bond donors (Lipinski definition) is 3. The first-order valence-electron chi connectivity index (χ1n) is 8.80. The first kappa shape index (κ1) is 19.0. The molecule has 2 amide bonds. The Kier molecular flexibility index (Phi) is 6.17. The highest BCUT2D eigenvalue weighted by atomic mass is 16.4. The molecule has 0 aliphatic carbocycles. The van der Waals surface area contributed by atoms with Gasteiger partial charge in [-0.05, 0) is 37.3 Å². The van der Waals surface area contributed by atoms with E-state index in [0.717, 1.165) is 11.3 Å². The molecule has 1 aromatic carbocycles. The summed E-state index contributed by atoms with van der Waals surface area (Å²) in [4.78, 5) is 35.7. The Morgan fingerprint density at radius 3 is 2.60 bits per heavy atom. The van der Waals surface area contributed by atoms with Gasteiger partial charge in [-0.2, -0.15) is 0 Å². The fraction of sp³-hybridized carbons (Fsp3) is 0.526. The molecule has 1 atom stereocenters. The van der Waals surface area contributed by atoms with E-state index in [1.54, 1.807) is 0 Å². The van der Waals surface area contributed by atoms with E-state index in [2.05, 4.69) is 10.6 Å². The SMILES string of the molecule is CCC(CC)(CNC(=O)CCC1Cc2ccccc2NC1=O)C(=O)O. The van der Waals surface area contributed by atoms with Gasteiger partial charge in [0.1, 0.15) is 0 Å². The maximum atomic E-state index is 12.1. The number of nitrogens with one attached hydrogen (secondary N) is 2. The quantitative estimate of drug-likeness (QED) is 0.674. The number of carboxylic acids is 1. The van der Waals surface area contributed by atoms with Crippen LogP contribution in [0.3, 0.4) is 0 Å². The van der Waals surface area contributed by atoms with Crippen LogP contribution in [0.25, 0.3) is 0 Å². The molecule has 1 aliphatic heterocycles. The van der Waals surface area contributed by atoms with E-state index >= 15 is 0 Å². The Hall–Kier alpha value is -2.37. The predicted molar refractivity (Wildman–Crippen MR) is 95.2 cm³/mol. The second kappa shape index (κ2) is 8.14. The summed E-state index contributed by atoms with van der Waals surface area (Å²) in [6.45, 7) is 3.75. The average Bonchev–Trinajstić information content (AvgIpc) is 2.61. The maximum absolute atomic E-state index is 12.1. The average molecular weight is 346 g/mol. The molecule has 0 saturated heterocycles. The van der Waals surface area contributed by atoms with Crippen LogP contribution in [0, 0.1) is 11.3 Å². The molecule has 0 saturated carbocycles. The standard InChI is InChI=1S/C19H26N2O4/c1-3-19(4-2,18(24)25)12-20-16(22)10-9-14-11-13-7-5-6-8-15(13)21-17(14)23/h5-8,14H,3-4,9-12H2,1-2H3,(H,20,22)(H,21,23)(H,24,25). The van der Waals surface area contributed by atoms with E-state index in [9.17, 15) is 19.5 Å². The molecular weight excluding hydrogens is 320 g/mol. The van der Waals surface area contributed by atoms with Gasteiger partial charge in [-0.25, -0.2) is 0 Å². The minimum absolute atomic E-state index is 0.0616. The summed E-state index contributed by atoms with van der Waals surface area (Å²) in [5, 5.41) is 15.0. The zero-order valence-corrected chi connectivity index (χ0v) is 14.8. The van der Waals surface area contributed by atoms with Crippen molar-refractivity contribution in [1.82, 2.24) is 5.32 Å². The summed E-state index contributed by atoms with van der Waals surface area (Å²) in [6.07, 6.45) is 2.20. The Morgan fingerprint density at radius 2 is 1.96 bits per heavy atom. The van der Waals surface area contributed by atoms with Crippen LogP contribution in [0.15, 0.2) is 24.3 Å². The lowest BCUT2D eigenvalue weighted by molar-refractivity contribution is -0.149. The van der Waals surface area contributed by atoms with Gasteiger partial charge < -0.3 is 15.7 Å². The van der Waals surface area contributed by atoms with E-state index in [4.69, 9.17) is 0 Å². The molecule has 6 nitrogen and oxygen atoms in total. The van der Waals surface area contributed by atoms with E-state index in [1.165, 1.54) is 0 Å². The predicted octanol–water partition coefficient (Wildman–Crippen LogP) is 2.58. The molecule has 1 aromatic rings. The number of aliphatic carboxylic acids is 1. The van der Waals surface area contributed by atoms with Crippen molar-refractivity contribution in [1.29, 1.82) is 0 Å². The molecule has 0 aromatic heterocycles. The molecule has 136 valence electrons. The van der Waals surface area contributed by atoms with Crippen molar-refractivity contribution in [3.63, 3.8) is 0 Å². The first-order chi connectivity index (χ1) is 11.9. The van der Waals surface area contributed by atoms with Crippen molar-refractivity contribution < 1.29 is 19.5 Å². The molecule has 2 rings (SSSR count). The lowest BCUT2D eigenvalue weighted by Crippen LogP contribution is -2.42. The number of carboxylic acid groups (broad SMARTS) is 1. The highest BCUT2D eigenvalue weighted by Gasteiger charge is 2.35. The van der Waals surface area contributed by atoms with E-state index in [0.29, 0.717) is 25.7 Å². The van der Waals surface area contributed by atoms with Crippen LogP contribution in [0.2, 0.25) is 0 Å². The second-order valence-corrected chi connectivity index (χ2v) is 6.66. The molecule has 1 unspecified atom stereocenters. The number of amides is 2. The molecule has 0 bridgehead atoms. The number of anilines is 1. The minimum Gasteiger partial charge on any atom is -0.481 e. The summed E-state index contributed by atoms with van der Waals surface area (Å²) in [6, 6.07) is 7.66. The minimum atomic E-state index is -0.920. The number of hydrogen-bond acceptors (Lipinski definition) is 3. The van der Waals surface area contributed by atoms with Gasteiger partial charge in [-0.1, -0.05) is 32.0 Å². The third kappa shape index (κ3) is 4.38. The van der Waals surface area contributed by atoms with Crippen LogP contribution < -0.4 is 10.6 Å².